The van der Waals surface area contributed by atoms with E-state index in [1.165, 1.54) is 6.92 Å². The maximum Gasteiger partial charge on any atom is 0.220 e. The third kappa shape index (κ3) is 11.8. The van der Waals surface area contributed by atoms with Crippen LogP contribution in [0.2, 0.25) is 0 Å². The minimum absolute atomic E-state index is 0.0223. The van der Waals surface area contributed by atoms with Crippen molar-refractivity contribution in [3.8, 4) is 0 Å². The first-order valence-corrected chi connectivity index (χ1v) is 8.82. The Morgan fingerprint density at radius 1 is 1.10 bits per heavy atom. The summed E-state index contributed by atoms with van der Waals surface area (Å²) in [7, 11) is 0. The number of hydrogen-bond acceptors (Lipinski definition) is 3. The van der Waals surface area contributed by atoms with Crippen LogP contribution >= 0.6 is 11.8 Å². The lowest BCUT2D eigenvalue weighted by atomic mass is 9.83. The molecule has 0 radical (unpaired) electrons. The van der Waals surface area contributed by atoms with E-state index >= 15 is 0 Å². The Labute approximate surface area is 135 Å². The highest BCUT2D eigenvalue weighted by Gasteiger charge is 2.29. The highest BCUT2D eigenvalue weighted by molar-refractivity contribution is 8.00. The average molecular weight is 316 g/mol. The summed E-state index contributed by atoms with van der Waals surface area (Å²) < 4.78 is 0.206. The summed E-state index contributed by atoms with van der Waals surface area (Å²) in [5.74, 6) is 1.90. The maximum atomic E-state index is 11.7. The average Bonchev–Trinajstić information content (AvgIpc) is 2.30. The molecule has 0 heterocycles. The van der Waals surface area contributed by atoms with Crippen LogP contribution in [-0.4, -0.2) is 28.7 Å². The standard InChI is InChI=1S/C17H33NO2S/c1-13(2)10-21-17(6,7)11-16(4,5)12-18-15(20)9-8-14(3)19/h13H,8-12H2,1-7H3,(H,18,20). The number of carbonyl (C=O) groups excluding carboxylic acids is 2. The SMILES string of the molecule is CC(=O)CCC(=O)NCC(C)(C)CC(C)(C)SCC(C)C. The Morgan fingerprint density at radius 2 is 1.67 bits per heavy atom. The summed E-state index contributed by atoms with van der Waals surface area (Å²) in [6.07, 6.45) is 1.68. The van der Waals surface area contributed by atoms with Crippen molar-refractivity contribution in [1.29, 1.82) is 0 Å². The number of carbonyl (C=O) groups is 2. The van der Waals surface area contributed by atoms with Crippen molar-refractivity contribution in [2.24, 2.45) is 11.3 Å². The van der Waals surface area contributed by atoms with E-state index in [9.17, 15) is 9.59 Å². The molecule has 0 spiro atoms. The fraction of sp³-hybridized carbons (Fsp3) is 0.882. The quantitative estimate of drug-likeness (QED) is 0.661. The second-order valence-electron chi connectivity index (χ2n) is 7.78. The summed E-state index contributed by atoms with van der Waals surface area (Å²) in [5.41, 5.74) is 0.0549. The predicted molar refractivity (Wildman–Crippen MR) is 92.7 cm³/mol. The van der Waals surface area contributed by atoms with E-state index in [0.29, 0.717) is 25.3 Å². The van der Waals surface area contributed by atoms with Crippen molar-refractivity contribution in [1.82, 2.24) is 5.32 Å². The topological polar surface area (TPSA) is 46.2 Å². The lowest BCUT2D eigenvalue weighted by molar-refractivity contribution is -0.125. The molecule has 0 saturated heterocycles. The van der Waals surface area contributed by atoms with Gasteiger partial charge < -0.3 is 10.1 Å². The molecule has 4 heteroatoms. The first kappa shape index (κ1) is 20.5. The van der Waals surface area contributed by atoms with Crippen LogP contribution in [0.5, 0.6) is 0 Å². The fourth-order valence-electron chi connectivity index (χ4n) is 2.37. The van der Waals surface area contributed by atoms with Crippen LogP contribution in [0.25, 0.3) is 0 Å². The molecule has 0 aliphatic heterocycles. The van der Waals surface area contributed by atoms with Gasteiger partial charge in [-0.15, -0.1) is 0 Å². The molecule has 3 nitrogen and oxygen atoms in total. The van der Waals surface area contributed by atoms with Gasteiger partial charge in [-0.1, -0.05) is 41.5 Å². The molecule has 21 heavy (non-hydrogen) atoms. The van der Waals surface area contributed by atoms with Crippen LogP contribution in [-0.2, 0) is 9.59 Å². The van der Waals surface area contributed by atoms with Gasteiger partial charge in [0.25, 0.3) is 0 Å². The first-order chi connectivity index (χ1) is 9.43. The zero-order chi connectivity index (χ0) is 16.7. The van der Waals surface area contributed by atoms with Crippen LogP contribution in [0.3, 0.4) is 0 Å². The number of thioether (sulfide) groups is 1. The first-order valence-electron chi connectivity index (χ1n) is 7.84. The van der Waals surface area contributed by atoms with Crippen LogP contribution in [0.15, 0.2) is 0 Å². The molecule has 124 valence electrons. The van der Waals surface area contributed by atoms with Gasteiger partial charge in [0.15, 0.2) is 0 Å². The normalized spacial score (nSPS) is 12.6. The van der Waals surface area contributed by atoms with E-state index in [1.54, 1.807) is 0 Å². The van der Waals surface area contributed by atoms with Gasteiger partial charge in [-0.2, -0.15) is 11.8 Å². The molecule has 0 fully saturated rings. The molecule has 0 atom stereocenters. The molecule has 0 aromatic rings. The van der Waals surface area contributed by atoms with Crippen molar-refractivity contribution in [2.45, 2.75) is 72.5 Å². The highest BCUT2D eigenvalue weighted by atomic mass is 32.2. The Balaban J connectivity index is 4.23. The predicted octanol–water partition coefficient (Wildman–Crippen LogP) is 4.06. The maximum absolute atomic E-state index is 11.7. The number of nitrogens with one attached hydrogen (secondary N) is 1. The van der Waals surface area contributed by atoms with Gasteiger partial charge >= 0.3 is 0 Å². The summed E-state index contributed by atoms with van der Waals surface area (Å²) >= 11 is 2.00. The zero-order valence-electron chi connectivity index (χ0n) is 14.8. The minimum Gasteiger partial charge on any atom is -0.356 e. The molecule has 0 saturated carbocycles. The number of hydrogen-bond donors (Lipinski definition) is 1. The summed E-state index contributed by atoms with van der Waals surface area (Å²) in [4.78, 5) is 22.6. The number of ketones is 1. The molecule has 0 bridgehead atoms. The lowest BCUT2D eigenvalue weighted by Crippen LogP contribution is -2.38. The van der Waals surface area contributed by atoms with E-state index in [0.717, 1.165) is 12.2 Å². The Morgan fingerprint density at radius 3 is 2.14 bits per heavy atom. The van der Waals surface area contributed by atoms with E-state index in [-0.39, 0.29) is 21.9 Å². The number of rotatable bonds is 10. The molecule has 0 aromatic carbocycles. The van der Waals surface area contributed by atoms with Gasteiger partial charge in [-0.3, -0.25) is 4.79 Å². The van der Waals surface area contributed by atoms with Gasteiger partial charge in [0.2, 0.25) is 5.91 Å². The summed E-state index contributed by atoms with van der Waals surface area (Å²) in [5, 5.41) is 2.97. The fourth-order valence-corrected chi connectivity index (χ4v) is 3.65. The highest BCUT2D eigenvalue weighted by Crippen LogP contribution is 2.37. The van der Waals surface area contributed by atoms with E-state index in [2.05, 4.69) is 46.9 Å². The molecule has 0 aliphatic rings. The Kier molecular flexibility index (Phi) is 8.60. The third-order valence-electron chi connectivity index (χ3n) is 3.18. The largest absolute Gasteiger partial charge is 0.356 e. The van der Waals surface area contributed by atoms with E-state index in [4.69, 9.17) is 0 Å². The van der Waals surface area contributed by atoms with Crippen LogP contribution in [0.1, 0.15) is 67.7 Å². The molecular weight excluding hydrogens is 282 g/mol. The van der Waals surface area contributed by atoms with Crippen LogP contribution < -0.4 is 5.32 Å². The number of Topliss-reactive ketones (excluding diaryl/α,β-unsaturated/α-hetero) is 1. The van der Waals surface area contributed by atoms with Crippen molar-refractivity contribution in [2.75, 3.05) is 12.3 Å². The zero-order valence-corrected chi connectivity index (χ0v) is 15.7. The minimum atomic E-state index is -0.0223. The van der Waals surface area contributed by atoms with E-state index in [1.807, 2.05) is 11.8 Å². The second kappa shape index (κ2) is 8.82. The van der Waals surface area contributed by atoms with Gasteiger partial charge in [-0.05, 0) is 30.4 Å². The van der Waals surface area contributed by atoms with Crippen LogP contribution in [0, 0.1) is 11.3 Å². The molecule has 1 amide bonds. The smallest absolute Gasteiger partial charge is 0.220 e. The molecule has 0 aliphatic carbocycles. The van der Waals surface area contributed by atoms with Crippen molar-refractivity contribution >= 4 is 23.5 Å². The van der Waals surface area contributed by atoms with Crippen molar-refractivity contribution in [3.05, 3.63) is 0 Å². The lowest BCUT2D eigenvalue weighted by Gasteiger charge is -2.35. The van der Waals surface area contributed by atoms with Gasteiger partial charge in [-0.25, -0.2) is 0 Å². The van der Waals surface area contributed by atoms with Gasteiger partial charge in [0.05, 0.1) is 0 Å². The molecule has 0 aromatic heterocycles. The van der Waals surface area contributed by atoms with Crippen molar-refractivity contribution in [3.63, 3.8) is 0 Å². The summed E-state index contributed by atoms with van der Waals surface area (Å²) in [6, 6.07) is 0. The third-order valence-corrected chi connectivity index (χ3v) is 4.94. The molecular formula is C17H33NO2S. The van der Waals surface area contributed by atoms with Crippen LogP contribution in [0.4, 0.5) is 0 Å². The number of amides is 1. The Bertz CT molecular complexity index is 349. The second-order valence-corrected chi connectivity index (χ2v) is 9.51. The summed E-state index contributed by atoms with van der Waals surface area (Å²) in [6.45, 7) is 15.6. The molecule has 0 rings (SSSR count). The van der Waals surface area contributed by atoms with E-state index < -0.39 is 0 Å². The van der Waals surface area contributed by atoms with Crippen molar-refractivity contribution < 1.29 is 9.59 Å². The molecule has 1 N–H and O–H groups in total. The Hall–Kier alpha value is -0.510. The van der Waals surface area contributed by atoms with Gasteiger partial charge in [0.1, 0.15) is 5.78 Å². The van der Waals surface area contributed by atoms with Gasteiger partial charge in [0, 0.05) is 24.1 Å². The molecule has 0 unspecified atom stereocenters. The monoisotopic (exact) mass is 315 g/mol.